The van der Waals surface area contributed by atoms with Gasteiger partial charge in [0.15, 0.2) is 5.96 Å². The molecule has 1 fully saturated rings. The van der Waals surface area contributed by atoms with Crippen LogP contribution in [0.15, 0.2) is 47.5 Å². The lowest BCUT2D eigenvalue weighted by atomic mass is 9.98. The van der Waals surface area contributed by atoms with Crippen LogP contribution in [0.4, 0.5) is 14.5 Å². The van der Waals surface area contributed by atoms with E-state index < -0.39 is 11.6 Å². The Morgan fingerprint density at radius 1 is 1.23 bits per heavy atom. The number of hydrogen-bond donors (Lipinski definition) is 1. The Morgan fingerprint density at radius 3 is 2.81 bits per heavy atom. The smallest absolute Gasteiger partial charge is 0.222 e. The second-order valence-corrected chi connectivity index (χ2v) is 8.10. The summed E-state index contributed by atoms with van der Waals surface area (Å²) >= 11 is 0. The molecule has 0 radical (unpaired) electrons. The Bertz CT molecular complexity index is 978. The number of guanidine groups is 1. The van der Waals surface area contributed by atoms with Crippen LogP contribution in [-0.4, -0.2) is 50.0 Å². The van der Waals surface area contributed by atoms with Crippen LogP contribution in [-0.2, 0) is 11.2 Å². The van der Waals surface area contributed by atoms with E-state index in [0.29, 0.717) is 30.9 Å². The zero-order valence-corrected chi connectivity index (χ0v) is 17.8. The predicted octanol–water partition coefficient (Wildman–Crippen LogP) is 3.70. The normalized spacial score (nSPS) is 18.6. The SMILES string of the molecule is CN=C(NCCc1ccc(F)cc1F)N1CC(CCN2CCCC2=O)c2ccccc21. The zero-order chi connectivity index (χ0) is 21.8. The van der Waals surface area contributed by atoms with Crippen molar-refractivity contribution >= 4 is 17.6 Å². The molecule has 2 heterocycles. The first-order valence-electron chi connectivity index (χ1n) is 10.9. The Kier molecular flexibility index (Phi) is 6.49. The van der Waals surface area contributed by atoms with Crippen molar-refractivity contribution < 1.29 is 13.6 Å². The fraction of sp³-hybridized carbons (Fsp3) is 0.417. The minimum atomic E-state index is -0.569. The molecule has 1 atom stereocenters. The summed E-state index contributed by atoms with van der Waals surface area (Å²) in [6, 6.07) is 12.0. The van der Waals surface area contributed by atoms with E-state index in [-0.39, 0.29) is 5.91 Å². The summed E-state index contributed by atoms with van der Waals surface area (Å²) in [5.74, 6) is 0.209. The predicted molar refractivity (Wildman–Crippen MR) is 118 cm³/mol. The molecule has 2 aromatic rings. The van der Waals surface area contributed by atoms with E-state index in [0.717, 1.165) is 50.2 Å². The summed E-state index contributed by atoms with van der Waals surface area (Å²) in [5.41, 5.74) is 2.85. The Labute approximate surface area is 181 Å². The van der Waals surface area contributed by atoms with Crippen LogP contribution in [0.3, 0.4) is 0 Å². The molecule has 0 spiro atoms. The maximum absolute atomic E-state index is 13.9. The summed E-state index contributed by atoms with van der Waals surface area (Å²) < 4.78 is 27.0. The Morgan fingerprint density at radius 2 is 2.06 bits per heavy atom. The topological polar surface area (TPSA) is 47.9 Å². The van der Waals surface area contributed by atoms with Gasteiger partial charge >= 0.3 is 0 Å². The zero-order valence-electron chi connectivity index (χ0n) is 17.8. The van der Waals surface area contributed by atoms with Gasteiger partial charge in [0, 0.05) is 57.3 Å². The van der Waals surface area contributed by atoms with Gasteiger partial charge in [0.2, 0.25) is 5.91 Å². The van der Waals surface area contributed by atoms with Gasteiger partial charge in [-0.05, 0) is 42.5 Å². The first-order chi connectivity index (χ1) is 15.1. The average molecular weight is 427 g/mol. The number of anilines is 1. The van der Waals surface area contributed by atoms with Crippen LogP contribution in [0, 0.1) is 11.6 Å². The first kappa shape index (κ1) is 21.3. The van der Waals surface area contributed by atoms with Crippen molar-refractivity contribution in [1.82, 2.24) is 10.2 Å². The van der Waals surface area contributed by atoms with Crippen LogP contribution < -0.4 is 10.2 Å². The highest BCUT2D eigenvalue weighted by Gasteiger charge is 2.32. The molecule has 0 aromatic heterocycles. The maximum atomic E-state index is 13.9. The monoisotopic (exact) mass is 426 g/mol. The van der Waals surface area contributed by atoms with Crippen LogP contribution in [0.1, 0.15) is 36.3 Å². The number of nitrogens with zero attached hydrogens (tertiary/aromatic N) is 3. The number of amides is 1. The van der Waals surface area contributed by atoms with E-state index >= 15 is 0 Å². The number of para-hydroxylation sites is 1. The Hall–Kier alpha value is -2.96. The quantitative estimate of drug-likeness (QED) is 0.566. The van der Waals surface area contributed by atoms with Gasteiger partial charge in [-0.15, -0.1) is 0 Å². The second-order valence-electron chi connectivity index (χ2n) is 8.10. The van der Waals surface area contributed by atoms with E-state index in [9.17, 15) is 13.6 Å². The van der Waals surface area contributed by atoms with Crippen LogP contribution in [0.2, 0.25) is 0 Å². The average Bonchev–Trinajstić information content (AvgIpc) is 3.34. The van der Waals surface area contributed by atoms with E-state index in [1.165, 1.54) is 17.7 Å². The molecule has 7 heteroatoms. The van der Waals surface area contributed by atoms with Gasteiger partial charge in [-0.25, -0.2) is 8.78 Å². The molecule has 1 saturated heterocycles. The van der Waals surface area contributed by atoms with Gasteiger partial charge in [-0.2, -0.15) is 0 Å². The van der Waals surface area contributed by atoms with E-state index in [4.69, 9.17) is 0 Å². The lowest BCUT2D eigenvalue weighted by Crippen LogP contribution is -2.42. The number of likely N-dealkylation sites (tertiary alicyclic amines) is 1. The van der Waals surface area contributed by atoms with Crippen molar-refractivity contribution in [3.63, 3.8) is 0 Å². The van der Waals surface area contributed by atoms with Crippen molar-refractivity contribution in [2.75, 3.05) is 38.1 Å². The number of halogens is 2. The number of benzene rings is 2. The number of aliphatic imine (C=N–C) groups is 1. The molecular formula is C24H28F2N4O. The molecule has 4 rings (SSSR count). The fourth-order valence-electron chi connectivity index (χ4n) is 4.52. The second kappa shape index (κ2) is 9.45. The maximum Gasteiger partial charge on any atom is 0.222 e. The van der Waals surface area contributed by atoms with Gasteiger partial charge in [-0.1, -0.05) is 24.3 Å². The standard InChI is InChI=1S/C24H28F2N4O/c1-27-24(28-12-10-17-8-9-19(25)15-21(17)26)30-16-18(20-5-2-3-6-22(20)30)11-14-29-13-4-7-23(29)31/h2-3,5-6,8-9,15,18H,4,7,10-14,16H2,1H3,(H,27,28). The van der Waals surface area contributed by atoms with Crippen molar-refractivity contribution in [3.05, 3.63) is 65.2 Å². The molecule has 2 aliphatic heterocycles. The minimum Gasteiger partial charge on any atom is -0.356 e. The van der Waals surface area contributed by atoms with Crippen molar-refractivity contribution in [3.8, 4) is 0 Å². The highest BCUT2D eigenvalue weighted by Crippen LogP contribution is 2.38. The van der Waals surface area contributed by atoms with Crippen molar-refractivity contribution in [2.24, 2.45) is 4.99 Å². The van der Waals surface area contributed by atoms with E-state index in [1.807, 2.05) is 17.0 Å². The fourth-order valence-corrected chi connectivity index (χ4v) is 4.52. The molecule has 1 N–H and O–H groups in total. The molecule has 0 aliphatic carbocycles. The highest BCUT2D eigenvalue weighted by atomic mass is 19.1. The summed E-state index contributed by atoms with van der Waals surface area (Å²) in [6.45, 7) is 2.91. The molecule has 1 amide bonds. The van der Waals surface area contributed by atoms with Crippen LogP contribution >= 0.6 is 0 Å². The van der Waals surface area contributed by atoms with Gasteiger partial charge in [-0.3, -0.25) is 9.79 Å². The third kappa shape index (κ3) is 4.70. The summed E-state index contributed by atoms with van der Waals surface area (Å²) in [4.78, 5) is 20.5. The number of hydrogen-bond acceptors (Lipinski definition) is 2. The molecule has 2 aliphatic rings. The van der Waals surface area contributed by atoms with Gasteiger partial charge in [0.05, 0.1) is 0 Å². The molecule has 1 unspecified atom stereocenters. The van der Waals surface area contributed by atoms with Gasteiger partial charge < -0.3 is 15.1 Å². The summed E-state index contributed by atoms with van der Waals surface area (Å²) in [5, 5.41) is 3.32. The lowest BCUT2D eigenvalue weighted by Gasteiger charge is -2.23. The summed E-state index contributed by atoms with van der Waals surface area (Å²) in [7, 11) is 1.74. The first-order valence-corrected chi connectivity index (χ1v) is 10.9. The minimum absolute atomic E-state index is 0.258. The lowest BCUT2D eigenvalue weighted by molar-refractivity contribution is -0.127. The van der Waals surface area contributed by atoms with Gasteiger partial charge in [0.25, 0.3) is 0 Å². The number of nitrogens with one attached hydrogen (secondary N) is 1. The van der Waals surface area contributed by atoms with Gasteiger partial charge in [0.1, 0.15) is 11.6 Å². The molecule has 164 valence electrons. The van der Waals surface area contributed by atoms with E-state index in [2.05, 4.69) is 27.3 Å². The number of carbonyl (C=O) groups excluding carboxylic acids is 1. The van der Waals surface area contributed by atoms with Crippen LogP contribution in [0.5, 0.6) is 0 Å². The largest absolute Gasteiger partial charge is 0.356 e. The Balaban J connectivity index is 1.40. The molecule has 31 heavy (non-hydrogen) atoms. The summed E-state index contributed by atoms with van der Waals surface area (Å²) in [6.07, 6.45) is 2.97. The van der Waals surface area contributed by atoms with Crippen molar-refractivity contribution in [1.29, 1.82) is 0 Å². The third-order valence-corrected chi connectivity index (χ3v) is 6.15. The van der Waals surface area contributed by atoms with Crippen LogP contribution in [0.25, 0.3) is 0 Å². The molecular weight excluding hydrogens is 398 g/mol. The number of rotatable bonds is 6. The highest BCUT2D eigenvalue weighted by molar-refractivity contribution is 5.98. The molecule has 0 saturated carbocycles. The van der Waals surface area contributed by atoms with E-state index in [1.54, 1.807) is 7.05 Å². The number of fused-ring (bicyclic) bond motifs is 1. The third-order valence-electron chi connectivity index (χ3n) is 6.15. The molecule has 2 aromatic carbocycles. The number of carbonyl (C=O) groups is 1. The molecule has 5 nitrogen and oxygen atoms in total. The van der Waals surface area contributed by atoms with Crippen molar-refractivity contribution in [2.45, 2.75) is 31.6 Å². The molecule has 0 bridgehead atoms.